The molecule has 72 valence electrons. The molecule has 1 nitrogen and oxygen atoms in total. The second-order valence-corrected chi connectivity index (χ2v) is 5.95. The first-order valence-corrected chi connectivity index (χ1v) is 6.02. The highest BCUT2D eigenvalue weighted by molar-refractivity contribution is 5.18. The molecular weight excluding hydrogens is 160 g/mol. The molecule has 0 spiro atoms. The van der Waals surface area contributed by atoms with Crippen molar-refractivity contribution in [2.24, 2.45) is 29.6 Å². The van der Waals surface area contributed by atoms with E-state index < -0.39 is 0 Å². The smallest absolute Gasteiger partial charge is 0.0737 e. The largest absolute Gasteiger partial charge is 0.389 e. The van der Waals surface area contributed by atoms with Gasteiger partial charge < -0.3 is 5.11 Å². The van der Waals surface area contributed by atoms with E-state index in [0.717, 1.165) is 17.8 Å². The van der Waals surface area contributed by atoms with E-state index in [0.29, 0.717) is 11.8 Å². The SMILES string of the molecule is OC12C([C@@H]3CC[C@@H]1C3)[C@@H]1CC[C@@H]2C1. The summed E-state index contributed by atoms with van der Waals surface area (Å²) in [6.07, 6.45) is 8.27. The van der Waals surface area contributed by atoms with Crippen molar-refractivity contribution in [2.75, 3.05) is 0 Å². The summed E-state index contributed by atoms with van der Waals surface area (Å²) < 4.78 is 0. The van der Waals surface area contributed by atoms with Gasteiger partial charge in [0.2, 0.25) is 0 Å². The van der Waals surface area contributed by atoms with Gasteiger partial charge in [0.1, 0.15) is 0 Å². The van der Waals surface area contributed by atoms with E-state index in [9.17, 15) is 5.11 Å². The lowest BCUT2D eigenvalue weighted by atomic mass is 9.67. The van der Waals surface area contributed by atoms with Crippen molar-refractivity contribution in [1.29, 1.82) is 0 Å². The summed E-state index contributed by atoms with van der Waals surface area (Å²) in [7, 11) is 0. The molecule has 4 fully saturated rings. The molecule has 4 saturated carbocycles. The Balaban J connectivity index is 1.84. The van der Waals surface area contributed by atoms with Crippen LogP contribution < -0.4 is 0 Å². The van der Waals surface area contributed by atoms with Gasteiger partial charge in [0.15, 0.2) is 0 Å². The predicted molar refractivity (Wildman–Crippen MR) is 50.1 cm³/mol. The fourth-order valence-corrected chi connectivity index (χ4v) is 5.54. The maximum Gasteiger partial charge on any atom is 0.0737 e. The van der Waals surface area contributed by atoms with Crippen molar-refractivity contribution >= 4 is 0 Å². The quantitative estimate of drug-likeness (QED) is 0.564. The van der Waals surface area contributed by atoms with Crippen LogP contribution in [0.1, 0.15) is 38.5 Å². The molecule has 0 saturated heterocycles. The van der Waals surface area contributed by atoms with Gasteiger partial charge in [-0.15, -0.1) is 0 Å². The fraction of sp³-hybridized carbons (Fsp3) is 1.00. The van der Waals surface area contributed by atoms with Crippen LogP contribution in [-0.4, -0.2) is 10.7 Å². The lowest BCUT2D eigenvalue weighted by molar-refractivity contribution is -0.0959. The van der Waals surface area contributed by atoms with Crippen LogP contribution in [0.15, 0.2) is 0 Å². The van der Waals surface area contributed by atoms with Crippen LogP contribution in [0.2, 0.25) is 0 Å². The zero-order valence-corrected chi connectivity index (χ0v) is 8.08. The summed E-state index contributed by atoms with van der Waals surface area (Å²) in [6, 6.07) is 0. The first-order valence-electron chi connectivity index (χ1n) is 6.02. The molecule has 4 bridgehead atoms. The molecule has 1 N–H and O–H groups in total. The highest BCUT2D eigenvalue weighted by atomic mass is 16.3. The molecule has 0 aromatic heterocycles. The fourth-order valence-electron chi connectivity index (χ4n) is 5.54. The number of fused-ring (bicyclic) bond motifs is 9. The maximum atomic E-state index is 10.8. The summed E-state index contributed by atoms with van der Waals surface area (Å²) in [5.74, 6) is 4.00. The Morgan fingerprint density at radius 3 is 1.85 bits per heavy atom. The van der Waals surface area contributed by atoms with Gasteiger partial charge in [-0.2, -0.15) is 0 Å². The van der Waals surface area contributed by atoms with Crippen LogP contribution >= 0.6 is 0 Å². The van der Waals surface area contributed by atoms with Crippen molar-refractivity contribution in [3.63, 3.8) is 0 Å². The van der Waals surface area contributed by atoms with Crippen LogP contribution in [0.25, 0.3) is 0 Å². The van der Waals surface area contributed by atoms with E-state index >= 15 is 0 Å². The van der Waals surface area contributed by atoms with Gasteiger partial charge >= 0.3 is 0 Å². The van der Waals surface area contributed by atoms with Crippen LogP contribution in [0.3, 0.4) is 0 Å². The van der Waals surface area contributed by atoms with E-state index in [1.807, 2.05) is 0 Å². The lowest BCUT2D eigenvalue weighted by Gasteiger charge is -2.43. The molecular formula is C12H18O. The number of hydrogen-bond acceptors (Lipinski definition) is 1. The van der Waals surface area contributed by atoms with E-state index in [2.05, 4.69) is 0 Å². The zero-order chi connectivity index (χ0) is 8.63. The first kappa shape index (κ1) is 7.28. The minimum Gasteiger partial charge on any atom is -0.389 e. The average Bonchev–Trinajstić information content (AvgIpc) is 2.79. The van der Waals surface area contributed by atoms with Gasteiger partial charge in [-0.1, -0.05) is 0 Å². The number of hydrogen-bond donors (Lipinski definition) is 1. The van der Waals surface area contributed by atoms with E-state index in [1.165, 1.54) is 38.5 Å². The molecule has 0 radical (unpaired) electrons. The Morgan fingerprint density at radius 1 is 0.846 bits per heavy atom. The van der Waals surface area contributed by atoms with Gasteiger partial charge in [-0.25, -0.2) is 0 Å². The Hall–Kier alpha value is -0.0400. The van der Waals surface area contributed by atoms with Gasteiger partial charge in [-0.3, -0.25) is 0 Å². The number of rotatable bonds is 0. The molecule has 0 aromatic carbocycles. The molecule has 13 heavy (non-hydrogen) atoms. The minimum atomic E-state index is -0.161. The molecule has 0 amide bonds. The van der Waals surface area contributed by atoms with Crippen molar-refractivity contribution in [2.45, 2.75) is 44.1 Å². The Bertz CT molecular complexity index is 238. The van der Waals surface area contributed by atoms with Crippen LogP contribution in [0.5, 0.6) is 0 Å². The summed E-state index contributed by atoms with van der Waals surface area (Å²) in [5, 5.41) is 10.8. The van der Waals surface area contributed by atoms with Gasteiger partial charge in [0, 0.05) is 0 Å². The minimum absolute atomic E-state index is 0.161. The third kappa shape index (κ3) is 0.614. The maximum absolute atomic E-state index is 10.8. The zero-order valence-electron chi connectivity index (χ0n) is 8.08. The summed E-state index contributed by atoms with van der Waals surface area (Å²) in [4.78, 5) is 0. The van der Waals surface area contributed by atoms with Crippen LogP contribution in [0.4, 0.5) is 0 Å². The van der Waals surface area contributed by atoms with E-state index in [1.54, 1.807) is 0 Å². The van der Waals surface area contributed by atoms with Gasteiger partial charge in [0.05, 0.1) is 5.60 Å². The normalized spacial score (nSPS) is 67.6. The van der Waals surface area contributed by atoms with Crippen molar-refractivity contribution in [3.05, 3.63) is 0 Å². The predicted octanol–water partition coefficient (Wildman–Crippen LogP) is 2.19. The molecule has 0 unspecified atom stereocenters. The molecule has 4 rings (SSSR count). The summed E-state index contributed by atoms with van der Waals surface area (Å²) >= 11 is 0. The third-order valence-electron chi connectivity index (χ3n) is 5.80. The van der Waals surface area contributed by atoms with Gasteiger partial charge in [0.25, 0.3) is 0 Å². The Labute approximate surface area is 79.5 Å². The monoisotopic (exact) mass is 178 g/mol. The Morgan fingerprint density at radius 2 is 1.38 bits per heavy atom. The number of aliphatic hydroxyl groups is 1. The topological polar surface area (TPSA) is 20.2 Å². The standard InChI is InChI=1S/C12H18O/c13-12-9-3-1-7(5-9)11(12)8-2-4-10(12)6-8/h7-11,13H,1-6H2/t7-,8-,9-,10-,11?,12?/m1/s1. The van der Waals surface area contributed by atoms with Crippen molar-refractivity contribution < 1.29 is 5.11 Å². The third-order valence-corrected chi connectivity index (χ3v) is 5.80. The highest BCUT2D eigenvalue weighted by Gasteiger charge is 2.68. The summed E-state index contributed by atoms with van der Waals surface area (Å²) in [5.41, 5.74) is -0.161. The molecule has 0 aliphatic heterocycles. The second-order valence-electron chi connectivity index (χ2n) is 5.95. The van der Waals surface area contributed by atoms with Crippen LogP contribution in [0, 0.1) is 29.6 Å². The Kier molecular flexibility index (Phi) is 1.11. The molecule has 4 aliphatic rings. The summed E-state index contributed by atoms with van der Waals surface area (Å²) in [6.45, 7) is 0. The second kappa shape index (κ2) is 1.98. The molecule has 4 atom stereocenters. The van der Waals surface area contributed by atoms with Crippen molar-refractivity contribution in [3.8, 4) is 0 Å². The highest BCUT2D eigenvalue weighted by Crippen LogP contribution is 2.69. The lowest BCUT2D eigenvalue weighted by Crippen LogP contribution is -2.47. The van der Waals surface area contributed by atoms with E-state index in [-0.39, 0.29) is 5.60 Å². The average molecular weight is 178 g/mol. The van der Waals surface area contributed by atoms with E-state index in [4.69, 9.17) is 0 Å². The van der Waals surface area contributed by atoms with Gasteiger partial charge in [-0.05, 0) is 68.1 Å². The molecule has 1 heteroatoms. The van der Waals surface area contributed by atoms with Crippen LogP contribution in [-0.2, 0) is 0 Å². The molecule has 4 aliphatic carbocycles. The molecule has 0 heterocycles. The first-order chi connectivity index (χ1) is 6.30. The van der Waals surface area contributed by atoms with Crippen molar-refractivity contribution in [1.82, 2.24) is 0 Å². The molecule has 0 aromatic rings.